The highest BCUT2D eigenvalue weighted by atomic mass is 35.5. The van der Waals surface area contributed by atoms with Crippen LogP contribution in [0.1, 0.15) is 31.9 Å². The molecule has 0 aliphatic carbocycles. The second-order valence-electron chi connectivity index (χ2n) is 8.67. The van der Waals surface area contributed by atoms with Crippen molar-refractivity contribution in [1.29, 1.82) is 0 Å². The molecule has 2 aromatic rings. The van der Waals surface area contributed by atoms with Crippen molar-refractivity contribution in [1.82, 2.24) is 10.2 Å². The second kappa shape index (κ2) is 11.9. The predicted molar refractivity (Wildman–Crippen MR) is 138 cm³/mol. The first-order valence-electron chi connectivity index (χ1n) is 10.8. The molecule has 0 bridgehead atoms. The van der Waals surface area contributed by atoms with Gasteiger partial charge < -0.3 is 10.2 Å². The molecule has 2 aromatic carbocycles. The van der Waals surface area contributed by atoms with Crippen LogP contribution in [0.3, 0.4) is 0 Å². The summed E-state index contributed by atoms with van der Waals surface area (Å²) in [6, 6.07) is 10.9. The lowest BCUT2D eigenvalue weighted by molar-refractivity contribution is -0.139. The largest absolute Gasteiger partial charge is 0.354 e. The first-order valence-corrected chi connectivity index (χ1v) is 13.5. The third-order valence-electron chi connectivity index (χ3n) is 5.24. The highest BCUT2D eigenvalue weighted by Crippen LogP contribution is 2.25. The number of nitrogens with one attached hydrogen (secondary N) is 1. The number of carbonyl (C=O) groups is 2. The van der Waals surface area contributed by atoms with Gasteiger partial charge in [-0.1, -0.05) is 55.2 Å². The number of anilines is 1. The SMILES string of the molecule is Cc1ccc(N(CC(=O)N(Cc2ccc(Cl)cc2)C(C)C(=O)NCC(C)C)S(C)(=O)=O)cc1Cl. The zero-order valence-corrected chi connectivity index (χ0v) is 22.3. The van der Waals surface area contributed by atoms with Crippen molar-refractivity contribution < 1.29 is 18.0 Å². The van der Waals surface area contributed by atoms with Gasteiger partial charge in [-0.3, -0.25) is 13.9 Å². The average molecular weight is 529 g/mol. The Bertz CT molecular complexity index is 1120. The average Bonchev–Trinajstić information content (AvgIpc) is 2.76. The fraction of sp³-hybridized carbons (Fsp3) is 0.417. The monoisotopic (exact) mass is 527 g/mol. The molecule has 2 amide bonds. The Morgan fingerprint density at radius 3 is 2.18 bits per heavy atom. The number of rotatable bonds is 10. The Labute approximate surface area is 212 Å². The summed E-state index contributed by atoms with van der Waals surface area (Å²) < 4.78 is 26.2. The zero-order valence-electron chi connectivity index (χ0n) is 20.0. The Kier molecular flexibility index (Phi) is 9.79. The molecule has 0 saturated carbocycles. The molecule has 0 saturated heterocycles. The maximum absolute atomic E-state index is 13.5. The van der Waals surface area contributed by atoms with Gasteiger partial charge in [-0.25, -0.2) is 8.42 Å². The van der Waals surface area contributed by atoms with Crippen LogP contribution in [0.5, 0.6) is 0 Å². The molecule has 0 spiro atoms. The molecule has 186 valence electrons. The molecular weight excluding hydrogens is 497 g/mol. The van der Waals surface area contributed by atoms with Crippen molar-refractivity contribution in [2.24, 2.45) is 5.92 Å². The summed E-state index contributed by atoms with van der Waals surface area (Å²) >= 11 is 12.2. The Balaban J connectivity index is 2.37. The van der Waals surface area contributed by atoms with E-state index < -0.39 is 28.5 Å². The molecule has 2 rings (SSSR count). The highest BCUT2D eigenvalue weighted by molar-refractivity contribution is 7.92. The number of hydrogen-bond donors (Lipinski definition) is 1. The van der Waals surface area contributed by atoms with Crippen molar-refractivity contribution >= 4 is 50.7 Å². The van der Waals surface area contributed by atoms with Crippen molar-refractivity contribution in [3.05, 3.63) is 63.6 Å². The number of halogens is 2. The van der Waals surface area contributed by atoms with E-state index in [1.807, 2.05) is 13.8 Å². The first-order chi connectivity index (χ1) is 15.8. The van der Waals surface area contributed by atoms with E-state index in [9.17, 15) is 18.0 Å². The third-order valence-corrected chi connectivity index (χ3v) is 7.04. The van der Waals surface area contributed by atoms with Crippen LogP contribution in [0.25, 0.3) is 0 Å². The molecule has 0 aliphatic rings. The first kappa shape index (κ1) is 28.0. The minimum atomic E-state index is -3.81. The van der Waals surface area contributed by atoms with Gasteiger partial charge in [-0.2, -0.15) is 0 Å². The summed E-state index contributed by atoms with van der Waals surface area (Å²) in [4.78, 5) is 27.6. The van der Waals surface area contributed by atoms with Crippen LogP contribution in [-0.4, -0.2) is 50.5 Å². The standard InChI is InChI=1S/C24H31Cl2N3O4S/c1-16(2)13-27-24(31)18(4)28(14-19-7-9-20(25)10-8-19)23(30)15-29(34(5,32)33)21-11-6-17(3)22(26)12-21/h6-12,16,18H,13-15H2,1-5H3,(H,27,31). The molecule has 0 aromatic heterocycles. The van der Waals surface area contributed by atoms with E-state index in [0.717, 1.165) is 21.7 Å². The predicted octanol–water partition coefficient (Wildman–Crippen LogP) is 4.26. The van der Waals surface area contributed by atoms with E-state index in [0.29, 0.717) is 16.6 Å². The van der Waals surface area contributed by atoms with Gasteiger partial charge in [-0.15, -0.1) is 0 Å². The number of benzene rings is 2. The topological polar surface area (TPSA) is 86.8 Å². The van der Waals surface area contributed by atoms with Gasteiger partial charge in [0.05, 0.1) is 11.9 Å². The van der Waals surface area contributed by atoms with Gasteiger partial charge in [-0.05, 0) is 55.2 Å². The number of sulfonamides is 1. The third kappa shape index (κ3) is 7.89. The van der Waals surface area contributed by atoms with Crippen molar-refractivity contribution in [3.8, 4) is 0 Å². The Hall–Kier alpha value is -2.29. The molecule has 0 aliphatic heterocycles. The summed E-state index contributed by atoms with van der Waals surface area (Å²) in [5.74, 6) is -0.604. The number of hydrogen-bond acceptors (Lipinski definition) is 4. The normalized spacial score (nSPS) is 12.4. The molecule has 0 heterocycles. The maximum atomic E-state index is 13.5. The summed E-state index contributed by atoms with van der Waals surface area (Å²) in [7, 11) is -3.81. The van der Waals surface area contributed by atoms with Crippen LogP contribution in [0.2, 0.25) is 10.0 Å². The van der Waals surface area contributed by atoms with E-state index in [2.05, 4.69) is 5.32 Å². The fourth-order valence-electron chi connectivity index (χ4n) is 3.17. The Morgan fingerprint density at radius 2 is 1.65 bits per heavy atom. The summed E-state index contributed by atoms with van der Waals surface area (Å²) in [6.07, 6.45) is 1.02. The second-order valence-corrected chi connectivity index (χ2v) is 11.4. The van der Waals surface area contributed by atoms with Gasteiger partial charge in [0.2, 0.25) is 21.8 Å². The minimum absolute atomic E-state index is 0.110. The molecule has 1 unspecified atom stereocenters. The molecule has 1 N–H and O–H groups in total. The summed E-state index contributed by atoms with van der Waals surface area (Å²) in [5, 5.41) is 3.77. The molecule has 10 heteroatoms. The van der Waals surface area contributed by atoms with Crippen LogP contribution in [0, 0.1) is 12.8 Å². The highest BCUT2D eigenvalue weighted by Gasteiger charge is 2.30. The van der Waals surface area contributed by atoms with Gasteiger partial charge in [0, 0.05) is 23.1 Å². The van der Waals surface area contributed by atoms with E-state index in [-0.39, 0.29) is 24.1 Å². The molecule has 34 heavy (non-hydrogen) atoms. The molecule has 0 fully saturated rings. The lowest BCUT2D eigenvalue weighted by atomic mass is 10.1. The number of carbonyl (C=O) groups excluding carboxylic acids is 2. The smallest absolute Gasteiger partial charge is 0.244 e. The van der Waals surface area contributed by atoms with Gasteiger partial charge in [0.15, 0.2) is 0 Å². The van der Waals surface area contributed by atoms with Crippen LogP contribution in [0.15, 0.2) is 42.5 Å². The van der Waals surface area contributed by atoms with Gasteiger partial charge in [0.1, 0.15) is 12.6 Å². The van der Waals surface area contributed by atoms with Gasteiger partial charge >= 0.3 is 0 Å². The summed E-state index contributed by atoms with van der Waals surface area (Å²) in [6.45, 7) is 7.45. The number of amides is 2. The van der Waals surface area contributed by atoms with E-state index in [1.165, 1.54) is 11.0 Å². The molecule has 0 radical (unpaired) electrons. The molecular formula is C24H31Cl2N3O4S. The molecule has 1 atom stereocenters. The Morgan fingerprint density at radius 1 is 1.03 bits per heavy atom. The minimum Gasteiger partial charge on any atom is -0.354 e. The lowest BCUT2D eigenvalue weighted by Gasteiger charge is -2.31. The van der Waals surface area contributed by atoms with Crippen molar-refractivity contribution in [2.45, 2.75) is 40.3 Å². The van der Waals surface area contributed by atoms with Crippen molar-refractivity contribution in [2.75, 3.05) is 23.7 Å². The van der Waals surface area contributed by atoms with E-state index in [1.54, 1.807) is 50.2 Å². The lowest BCUT2D eigenvalue weighted by Crippen LogP contribution is -2.51. The maximum Gasteiger partial charge on any atom is 0.244 e. The fourth-order valence-corrected chi connectivity index (χ4v) is 4.31. The molecule has 7 nitrogen and oxygen atoms in total. The van der Waals surface area contributed by atoms with Gasteiger partial charge in [0.25, 0.3) is 0 Å². The van der Waals surface area contributed by atoms with Crippen LogP contribution in [-0.2, 0) is 26.2 Å². The van der Waals surface area contributed by atoms with Crippen LogP contribution in [0.4, 0.5) is 5.69 Å². The van der Waals surface area contributed by atoms with Crippen LogP contribution >= 0.6 is 23.2 Å². The van der Waals surface area contributed by atoms with E-state index >= 15 is 0 Å². The number of nitrogens with zero attached hydrogens (tertiary/aromatic N) is 2. The number of aryl methyl sites for hydroxylation is 1. The quantitative estimate of drug-likeness (QED) is 0.500. The summed E-state index contributed by atoms with van der Waals surface area (Å²) in [5.41, 5.74) is 1.81. The zero-order chi connectivity index (χ0) is 25.6. The van der Waals surface area contributed by atoms with Crippen LogP contribution < -0.4 is 9.62 Å². The van der Waals surface area contributed by atoms with E-state index in [4.69, 9.17) is 23.2 Å². The van der Waals surface area contributed by atoms with Crippen molar-refractivity contribution in [3.63, 3.8) is 0 Å².